The third kappa shape index (κ3) is 2.16. The second-order valence-corrected chi connectivity index (χ2v) is 6.53. The van der Waals surface area contributed by atoms with Crippen LogP contribution in [0.5, 0.6) is 0 Å². The van der Waals surface area contributed by atoms with Gasteiger partial charge < -0.3 is 4.90 Å². The van der Waals surface area contributed by atoms with Gasteiger partial charge in [-0.15, -0.1) is 0 Å². The van der Waals surface area contributed by atoms with Crippen LogP contribution < -0.4 is 0 Å². The van der Waals surface area contributed by atoms with Gasteiger partial charge in [0.2, 0.25) is 0 Å². The number of thioether (sulfide) groups is 1. The topological polar surface area (TPSA) is 40.3 Å². The molecular formula is C14H14N4S2. The summed E-state index contributed by atoms with van der Waals surface area (Å²) in [5.74, 6) is 1.02. The van der Waals surface area contributed by atoms with Crippen molar-refractivity contribution >= 4 is 46.2 Å². The number of hydrogen-bond acceptors (Lipinski definition) is 6. The molecule has 0 saturated carbocycles. The van der Waals surface area contributed by atoms with Crippen LogP contribution in [0.2, 0.25) is 0 Å². The Morgan fingerprint density at radius 3 is 2.75 bits per heavy atom. The fraction of sp³-hybridized carbons (Fsp3) is 0.357. The number of amidine groups is 1. The number of rotatable bonds is 0. The van der Waals surface area contributed by atoms with Gasteiger partial charge in [-0.25, -0.2) is 4.99 Å². The van der Waals surface area contributed by atoms with Crippen molar-refractivity contribution in [3.63, 3.8) is 0 Å². The molecule has 102 valence electrons. The van der Waals surface area contributed by atoms with E-state index in [9.17, 15) is 0 Å². The van der Waals surface area contributed by atoms with Crippen LogP contribution in [-0.4, -0.2) is 34.6 Å². The lowest BCUT2D eigenvalue weighted by atomic mass is 10.1. The maximum absolute atomic E-state index is 4.80. The molecule has 20 heavy (non-hydrogen) atoms. The van der Waals surface area contributed by atoms with Crippen molar-refractivity contribution < 1.29 is 0 Å². The molecule has 6 heteroatoms. The van der Waals surface area contributed by atoms with Crippen LogP contribution in [0.25, 0.3) is 0 Å². The van der Waals surface area contributed by atoms with Gasteiger partial charge in [0.25, 0.3) is 0 Å². The van der Waals surface area contributed by atoms with Gasteiger partial charge in [0.1, 0.15) is 22.9 Å². The molecule has 1 saturated heterocycles. The molecule has 4 rings (SSSR count). The lowest BCUT2D eigenvalue weighted by molar-refractivity contribution is 0.346. The smallest absolute Gasteiger partial charge is 0.167 e. The zero-order chi connectivity index (χ0) is 13.4. The first-order valence-corrected chi connectivity index (χ1v) is 8.40. The van der Waals surface area contributed by atoms with Gasteiger partial charge in [0, 0.05) is 18.0 Å². The molecule has 0 amide bonds. The molecule has 0 spiro atoms. The average molecular weight is 302 g/mol. The molecule has 4 nitrogen and oxygen atoms in total. The second-order valence-electron chi connectivity index (χ2n) is 4.97. The summed E-state index contributed by atoms with van der Waals surface area (Å²) in [6.45, 7) is 2.16. The van der Waals surface area contributed by atoms with Crippen molar-refractivity contribution in [1.82, 2.24) is 4.90 Å². The van der Waals surface area contributed by atoms with Gasteiger partial charge in [-0.3, -0.25) is 0 Å². The Kier molecular flexibility index (Phi) is 3.28. The van der Waals surface area contributed by atoms with Crippen molar-refractivity contribution in [2.75, 3.05) is 13.1 Å². The monoisotopic (exact) mass is 302 g/mol. The van der Waals surface area contributed by atoms with Crippen molar-refractivity contribution in [2.24, 2.45) is 13.8 Å². The summed E-state index contributed by atoms with van der Waals surface area (Å²) < 4.78 is 8.98. The summed E-state index contributed by atoms with van der Waals surface area (Å²) >= 11 is 2.99. The minimum atomic E-state index is 0.953. The number of piperidine rings is 1. The van der Waals surface area contributed by atoms with Gasteiger partial charge >= 0.3 is 0 Å². The number of hydrogen-bond donors (Lipinski definition) is 0. The van der Waals surface area contributed by atoms with Crippen LogP contribution in [0.4, 0.5) is 5.69 Å². The highest BCUT2D eigenvalue weighted by molar-refractivity contribution is 8.17. The Morgan fingerprint density at radius 2 is 1.85 bits per heavy atom. The molecule has 0 bridgehead atoms. The van der Waals surface area contributed by atoms with Crippen LogP contribution in [0, 0.1) is 0 Å². The van der Waals surface area contributed by atoms with E-state index in [4.69, 9.17) is 4.99 Å². The standard InChI is InChI=1S/C14H14N4S2/c1-4-8-18(9-5-1)13-12-14(17-20-16-13)19-11-7-3-2-6-10(11)15-12/h2-3,6-7H,1,4-5,8-9H2. The van der Waals surface area contributed by atoms with E-state index in [-0.39, 0.29) is 0 Å². The summed E-state index contributed by atoms with van der Waals surface area (Å²) in [4.78, 5) is 8.34. The summed E-state index contributed by atoms with van der Waals surface area (Å²) in [6.07, 6.45) is 3.81. The van der Waals surface area contributed by atoms with Gasteiger partial charge in [-0.1, -0.05) is 23.9 Å². The maximum Gasteiger partial charge on any atom is 0.167 e. The molecule has 0 aromatic heterocycles. The zero-order valence-corrected chi connectivity index (χ0v) is 12.6. The molecule has 0 radical (unpaired) electrons. The molecule has 0 unspecified atom stereocenters. The van der Waals surface area contributed by atoms with Gasteiger partial charge in [0.15, 0.2) is 5.84 Å². The summed E-state index contributed by atoms with van der Waals surface area (Å²) in [6, 6.07) is 8.23. The SMILES string of the molecule is c1ccc2c(c1)N=C1C(=NSN=C1N1CCCCC1)S2. The Bertz CT molecular complexity index is 630. The van der Waals surface area contributed by atoms with Crippen molar-refractivity contribution in [3.05, 3.63) is 24.3 Å². The Hall–Kier alpha value is -1.27. The maximum atomic E-state index is 4.80. The number of fused-ring (bicyclic) bond motifs is 2. The summed E-state index contributed by atoms with van der Waals surface area (Å²) in [5.41, 5.74) is 1.98. The quantitative estimate of drug-likeness (QED) is 0.686. The number of benzene rings is 1. The lowest BCUT2D eigenvalue weighted by Gasteiger charge is -2.32. The first kappa shape index (κ1) is 12.5. The van der Waals surface area contributed by atoms with E-state index < -0.39 is 0 Å². The molecule has 0 atom stereocenters. The predicted molar refractivity (Wildman–Crippen MR) is 87.3 cm³/mol. The van der Waals surface area contributed by atoms with Crippen LogP contribution in [0.3, 0.4) is 0 Å². The minimum Gasteiger partial charge on any atom is -0.354 e. The molecular weight excluding hydrogens is 288 g/mol. The third-order valence-electron chi connectivity index (χ3n) is 3.63. The lowest BCUT2D eigenvalue weighted by Crippen LogP contribution is -2.43. The molecule has 0 N–H and O–H groups in total. The highest BCUT2D eigenvalue weighted by atomic mass is 32.2. The highest BCUT2D eigenvalue weighted by Crippen LogP contribution is 2.38. The Labute approximate surface area is 126 Å². The van der Waals surface area contributed by atoms with Crippen LogP contribution in [0.15, 0.2) is 42.9 Å². The highest BCUT2D eigenvalue weighted by Gasteiger charge is 2.30. The fourth-order valence-electron chi connectivity index (χ4n) is 2.62. The van der Waals surface area contributed by atoms with Gasteiger partial charge in [-0.05, 0) is 31.4 Å². The summed E-state index contributed by atoms with van der Waals surface area (Å²) in [7, 11) is 0. The van der Waals surface area contributed by atoms with Gasteiger partial charge in [0.05, 0.1) is 5.69 Å². The van der Waals surface area contributed by atoms with E-state index in [2.05, 4.69) is 25.8 Å². The van der Waals surface area contributed by atoms with Gasteiger partial charge in [-0.2, -0.15) is 8.80 Å². The molecule has 1 aromatic carbocycles. The number of para-hydroxylation sites is 1. The second kappa shape index (κ2) is 5.26. The molecule has 3 heterocycles. The van der Waals surface area contributed by atoms with E-state index in [1.54, 1.807) is 11.8 Å². The first-order chi connectivity index (χ1) is 9.92. The molecule has 3 aliphatic rings. The Balaban J connectivity index is 1.73. The Morgan fingerprint density at radius 1 is 1.00 bits per heavy atom. The largest absolute Gasteiger partial charge is 0.354 e. The van der Waals surface area contributed by atoms with E-state index >= 15 is 0 Å². The van der Waals surface area contributed by atoms with E-state index in [0.717, 1.165) is 35.4 Å². The summed E-state index contributed by atoms with van der Waals surface area (Å²) in [5, 5.41) is 0.990. The molecule has 3 aliphatic heterocycles. The van der Waals surface area contributed by atoms with E-state index in [0.29, 0.717) is 0 Å². The zero-order valence-electron chi connectivity index (χ0n) is 11.0. The number of likely N-dealkylation sites (tertiary alicyclic amines) is 1. The predicted octanol–water partition coefficient (Wildman–Crippen LogP) is 3.72. The van der Waals surface area contributed by atoms with Crippen molar-refractivity contribution in [1.29, 1.82) is 0 Å². The normalized spacial score (nSPS) is 21.4. The fourth-order valence-corrected chi connectivity index (χ4v) is 4.15. The molecule has 0 aliphatic carbocycles. The third-order valence-corrected chi connectivity index (χ3v) is 5.30. The molecule has 1 aromatic rings. The molecule has 1 fully saturated rings. The van der Waals surface area contributed by atoms with Crippen LogP contribution in [0.1, 0.15) is 19.3 Å². The van der Waals surface area contributed by atoms with Crippen molar-refractivity contribution in [2.45, 2.75) is 24.2 Å². The van der Waals surface area contributed by atoms with E-state index in [1.165, 1.54) is 36.3 Å². The van der Waals surface area contributed by atoms with Crippen LogP contribution in [-0.2, 0) is 0 Å². The number of aliphatic imine (C=N–C) groups is 1. The average Bonchev–Trinajstić information content (AvgIpc) is 2.53. The number of nitrogens with zero attached hydrogens (tertiary/aromatic N) is 4. The minimum absolute atomic E-state index is 0.953. The van der Waals surface area contributed by atoms with E-state index in [1.807, 2.05) is 12.1 Å². The van der Waals surface area contributed by atoms with Crippen molar-refractivity contribution in [3.8, 4) is 0 Å². The first-order valence-electron chi connectivity index (χ1n) is 6.85. The van der Waals surface area contributed by atoms with Crippen LogP contribution >= 0.6 is 23.9 Å².